The molecule has 4 nitrogen and oxygen atoms in total. The van der Waals surface area contributed by atoms with Crippen molar-refractivity contribution in [3.63, 3.8) is 0 Å². The van der Waals surface area contributed by atoms with Gasteiger partial charge in [-0.2, -0.15) is 0 Å². The number of sulfone groups is 1. The minimum absolute atomic E-state index is 0.0996. The SMILES string of the molecule is CCC1=C2[C@@H](CC/C(=C/c3ccc(O)cc3Cl)CC)OC[C@@H]2S(=O)(=O)C1. The average Bonchev–Trinajstić information content (AvgIpc) is 3.13. The molecule has 0 aromatic heterocycles. The van der Waals surface area contributed by atoms with E-state index in [1.54, 1.807) is 12.1 Å². The van der Waals surface area contributed by atoms with Crippen LogP contribution >= 0.6 is 11.6 Å². The first-order valence-electron chi connectivity index (χ1n) is 9.08. The first kappa shape index (κ1) is 19.5. The fourth-order valence-corrected chi connectivity index (χ4v) is 6.11. The van der Waals surface area contributed by atoms with E-state index in [-0.39, 0.29) is 17.6 Å². The summed E-state index contributed by atoms with van der Waals surface area (Å²) in [6.07, 6.45) is 5.20. The second-order valence-corrected chi connectivity index (χ2v) is 9.52. The molecule has 142 valence electrons. The number of benzene rings is 1. The summed E-state index contributed by atoms with van der Waals surface area (Å²) in [6.45, 7) is 4.40. The maximum atomic E-state index is 12.3. The molecule has 1 fully saturated rings. The largest absolute Gasteiger partial charge is 0.508 e. The molecule has 26 heavy (non-hydrogen) atoms. The number of rotatable bonds is 6. The lowest BCUT2D eigenvalue weighted by molar-refractivity contribution is 0.117. The van der Waals surface area contributed by atoms with Crippen LogP contribution in [0.4, 0.5) is 0 Å². The van der Waals surface area contributed by atoms with Crippen LogP contribution in [-0.4, -0.2) is 37.2 Å². The van der Waals surface area contributed by atoms with Gasteiger partial charge in [-0.1, -0.05) is 42.7 Å². The standard InChI is InChI=1S/C20H25ClO4S/c1-3-13(9-15-6-7-16(22)10-17(15)21)5-8-18-20-14(4-2)12-26(23,24)19(20)11-25-18/h6-7,9-10,18-19,22H,3-5,8,11-12H2,1-2H3/b13-9+/t18-,19+/m1/s1. The Hall–Kier alpha value is -1.30. The summed E-state index contributed by atoms with van der Waals surface area (Å²) in [5.41, 5.74) is 4.17. The smallest absolute Gasteiger partial charge is 0.163 e. The summed E-state index contributed by atoms with van der Waals surface area (Å²) in [5, 5.41) is 9.57. The van der Waals surface area contributed by atoms with Crippen LogP contribution < -0.4 is 0 Å². The summed E-state index contributed by atoms with van der Waals surface area (Å²) in [6, 6.07) is 4.96. The van der Waals surface area contributed by atoms with Crippen molar-refractivity contribution >= 4 is 27.5 Å². The summed E-state index contributed by atoms with van der Waals surface area (Å²) in [4.78, 5) is 0. The molecule has 1 saturated heterocycles. The zero-order chi connectivity index (χ0) is 18.9. The van der Waals surface area contributed by atoms with E-state index >= 15 is 0 Å². The van der Waals surface area contributed by atoms with E-state index in [2.05, 4.69) is 13.0 Å². The van der Waals surface area contributed by atoms with E-state index in [1.165, 1.54) is 11.6 Å². The first-order valence-corrected chi connectivity index (χ1v) is 11.2. The van der Waals surface area contributed by atoms with E-state index < -0.39 is 15.1 Å². The molecule has 0 amide bonds. The van der Waals surface area contributed by atoms with E-state index in [0.29, 0.717) is 11.6 Å². The molecule has 2 aliphatic rings. The zero-order valence-corrected chi connectivity index (χ0v) is 16.7. The van der Waals surface area contributed by atoms with Gasteiger partial charge in [-0.25, -0.2) is 8.42 Å². The fraction of sp³-hybridized carbons (Fsp3) is 0.500. The Morgan fingerprint density at radius 2 is 2.15 bits per heavy atom. The molecular weight excluding hydrogens is 372 g/mol. The minimum atomic E-state index is -3.08. The molecule has 2 aliphatic heterocycles. The van der Waals surface area contributed by atoms with Crippen LogP contribution in [0, 0.1) is 0 Å². The Bertz CT molecular complexity index is 855. The summed E-state index contributed by atoms with van der Waals surface area (Å²) >= 11 is 6.20. The van der Waals surface area contributed by atoms with Crippen molar-refractivity contribution < 1.29 is 18.3 Å². The van der Waals surface area contributed by atoms with Crippen LogP contribution in [0.1, 0.15) is 45.1 Å². The molecule has 0 aliphatic carbocycles. The lowest BCUT2D eigenvalue weighted by Gasteiger charge is -2.14. The van der Waals surface area contributed by atoms with E-state index in [9.17, 15) is 13.5 Å². The van der Waals surface area contributed by atoms with Crippen molar-refractivity contribution in [1.29, 1.82) is 0 Å². The molecular formula is C20H25ClO4S. The lowest BCUT2D eigenvalue weighted by Crippen LogP contribution is -2.19. The van der Waals surface area contributed by atoms with E-state index in [0.717, 1.165) is 42.4 Å². The van der Waals surface area contributed by atoms with Gasteiger partial charge in [0, 0.05) is 0 Å². The highest BCUT2D eigenvalue weighted by molar-refractivity contribution is 7.92. The third-order valence-corrected chi connectivity index (χ3v) is 7.65. The molecule has 0 saturated carbocycles. The Balaban J connectivity index is 1.74. The van der Waals surface area contributed by atoms with Gasteiger partial charge in [0.15, 0.2) is 9.84 Å². The van der Waals surface area contributed by atoms with Crippen LogP contribution in [-0.2, 0) is 14.6 Å². The number of allylic oxidation sites excluding steroid dienone is 1. The van der Waals surface area contributed by atoms with Crippen LogP contribution in [0.25, 0.3) is 6.08 Å². The highest BCUT2D eigenvalue weighted by Crippen LogP contribution is 2.39. The molecule has 1 N–H and O–H groups in total. The first-order chi connectivity index (χ1) is 12.4. The highest BCUT2D eigenvalue weighted by Gasteiger charge is 2.46. The number of ether oxygens (including phenoxy) is 1. The molecule has 2 atom stereocenters. The van der Waals surface area contributed by atoms with Crippen molar-refractivity contribution in [3.8, 4) is 5.75 Å². The van der Waals surface area contributed by atoms with Gasteiger partial charge in [-0.05, 0) is 55.0 Å². The zero-order valence-electron chi connectivity index (χ0n) is 15.2. The highest BCUT2D eigenvalue weighted by atomic mass is 35.5. The van der Waals surface area contributed by atoms with Crippen LogP contribution in [0.15, 0.2) is 34.9 Å². The van der Waals surface area contributed by atoms with Gasteiger partial charge in [0.25, 0.3) is 0 Å². The van der Waals surface area contributed by atoms with Crippen molar-refractivity contribution in [2.24, 2.45) is 0 Å². The predicted molar refractivity (Wildman–Crippen MR) is 105 cm³/mol. The van der Waals surface area contributed by atoms with Gasteiger partial charge in [-0.3, -0.25) is 0 Å². The van der Waals surface area contributed by atoms with Gasteiger partial charge in [0.05, 0.1) is 23.5 Å². The fourth-order valence-electron chi connectivity index (χ4n) is 3.84. The average molecular weight is 397 g/mol. The maximum Gasteiger partial charge on any atom is 0.163 e. The number of hydrogen-bond acceptors (Lipinski definition) is 4. The molecule has 6 heteroatoms. The molecule has 1 aromatic carbocycles. The topological polar surface area (TPSA) is 63.6 Å². The van der Waals surface area contributed by atoms with Gasteiger partial charge >= 0.3 is 0 Å². The number of aromatic hydroxyl groups is 1. The van der Waals surface area contributed by atoms with Gasteiger partial charge in [0.2, 0.25) is 0 Å². The predicted octanol–water partition coefficient (Wildman–Crippen LogP) is 4.52. The van der Waals surface area contributed by atoms with Gasteiger partial charge < -0.3 is 9.84 Å². The molecule has 2 heterocycles. The Morgan fingerprint density at radius 3 is 2.81 bits per heavy atom. The Kier molecular flexibility index (Phi) is 5.80. The molecule has 1 aromatic rings. The monoisotopic (exact) mass is 396 g/mol. The van der Waals surface area contributed by atoms with Crippen LogP contribution in [0.2, 0.25) is 5.02 Å². The van der Waals surface area contributed by atoms with Gasteiger partial charge in [-0.15, -0.1) is 0 Å². The van der Waals surface area contributed by atoms with Crippen LogP contribution in [0.5, 0.6) is 5.75 Å². The molecule has 0 unspecified atom stereocenters. The van der Waals surface area contributed by atoms with Gasteiger partial charge in [0.1, 0.15) is 11.0 Å². The second-order valence-electron chi connectivity index (χ2n) is 6.93. The number of phenols is 1. The third-order valence-electron chi connectivity index (χ3n) is 5.31. The lowest BCUT2D eigenvalue weighted by atomic mass is 9.95. The minimum Gasteiger partial charge on any atom is -0.508 e. The van der Waals surface area contributed by atoms with Crippen molar-refractivity contribution in [1.82, 2.24) is 0 Å². The molecule has 0 radical (unpaired) electrons. The second kappa shape index (κ2) is 7.75. The summed E-state index contributed by atoms with van der Waals surface area (Å²) in [5.74, 6) is 0.347. The molecule has 3 rings (SSSR count). The molecule has 0 bridgehead atoms. The summed E-state index contributed by atoms with van der Waals surface area (Å²) < 4.78 is 30.4. The van der Waals surface area contributed by atoms with Crippen molar-refractivity contribution in [3.05, 3.63) is 45.5 Å². The number of fused-ring (bicyclic) bond motifs is 1. The number of phenolic OH excluding ortho intramolecular Hbond substituents is 1. The molecule has 0 spiro atoms. The Labute approximate surface area is 160 Å². The number of halogens is 1. The Morgan fingerprint density at radius 1 is 1.38 bits per heavy atom. The van der Waals surface area contributed by atoms with Crippen LogP contribution in [0.3, 0.4) is 0 Å². The maximum absolute atomic E-state index is 12.3. The summed E-state index contributed by atoms with van der Waals surface area (Å²) in [7, 11) is -3.08. The van der Waals surface area contributed by atoms with E-state index in [4.69, 9.17) is 16.3 Å². The van der Waals surface area contributed by atoms with E-state index in [1.807, 2.05) is 6.92 Å². The third kappa shape index (κ3) is 3.85. The number of hydrogen-bond donors (Lipinski definition) is 1. The van der Waals surface area contributed by atoms with Crippen molar-refractivity contribution in [2.75, 3.05) is 12.4 Å². The van der Waals surface area contributed by atoms with Crippen molar-refractivity contribution in [2.45, 2.75) is 50.9 Å². The quantitative estimate of drug-likeness (QED) is 0.718. The normalized spacial score (nSPS) is 25.0.